The minimum absolute atomic E-state index is 0.00451. The van der Waals surface area contributed by atoms with Gasteiger partial charge in [0.05, 0.1) is 0 Å². The second-order valence-electron chi connectivity index (χ2n) is 4.92. The van der Waals surface area contributed by atoms with Crippen LogP contribution in [0.5, 0.6) is 0 Å². The van der Waals surface area contributed by atoms with Crippen LogP contribution >= 0.6 is 11.8 Å². The summed E-state index contributed by atoms with van der Waals surface area (Å²) in [6.07, 6.45) is 6.07. The first-order valence-electron chi connectivity index (χ1n) is 6.70. The smallest absolute Gasteiger partial charge is 0.315 e. The van der Waals surface area contributed by atoms with E-state index in [9.17, 15) is 4.79 Å². The summed E-state index contributed by atoms with van der Waals surface area (Å²) < 4.78 is 0. The average molecular weight is 257 g/mol. The van der Waals surface area contributed by atoms with E-state index >= 15 is 0 Å². The molecule has 0 aromatic rings. The van der Waals surface area contributed by atoms with Crippen molar-refractivity contribution in [1.82, 2.24) is 16.0 Å². The van der Waals surface area contributed by atoms with Crippen molar-refractivity contribution in [3.05, 3.63) is 0 Å². The predicted molar refractivity (Wildman–Crippen MR) is 72.5 cm³/mol. The molecule has 2 heterocycles. The van der Waals surface area contributed by atoms with Gasteiger partial charge in [0, 0.05) is 24.4 Å². The first kappa shape index (κ1) is 13.0. The van der Waals surface area contributed by atoms with E-state index in [4.69, 9.17) is 0 Å². The van der Waals surface area contributed by atoms with Gasteiger partial charge in [0.25, 0.3) is 0 Å². The lowest BCUT2D eigenvalue weighted by Gasteiger charge is -2.25. The summed E-state index contributed by atoms with van der Waals surface area (Å²) in [5.74, 6) is 2.31. The Bertz CT molecular complexity index is 238. The molecule has 2 aliphatic rings. The molecule has 4 nitrogen and oxygen atoms in total. The van der Waals surface area contributed by atoms with Crippen molar-refractivity contribution >= 4 is 17.8 Å². The summed E-state index contributed by atoms with van der Waals surface area (Å²) in [7, 11) is 0. The number of piperidine rings is 1. The van der Waals surface area contributed by atoms with Crippen molar-refractivity contribution in [1.29, 1.82) is 0 Å². The maximum absolute atomic E-state index is 11.7. The number of nitrogens with one attached hydrogen (secondary N) is 3. The van der Waals surface area contributed by atoms with Crippen LogP contribution in [0.1, 0.15) is 32.1 Å². The molecule has 5 heteroatoms. The molecule has 0 bridgehead atoms. The highest BCUT2D eigenvalue weighted by Crippen LogP contribution is 2.16. The summed E-state index contributed by atoms with van der Waals surface area (Å²) in [4.78, 5) is 11.7. The molecular formula is C12H23N3OS. The maximum atomic E-state index is 11.7. The van der Waals surface area contributed by atoms with Gasteiger partial charge in [-0.3, -0.25) is 0 Å². The standard InChI is InChI=1S/C12H23N3OS/c16-12(15-11-5-3-7-17-9-11)14-8-10-4-1-2-6-13-10/h10-11,13H,1-9H2,(H2,14,15,16). The van der Waals surface area contributed by atoms with Gasteiger partial charge in [-0.1, -0.05) is 6.42 Å². The maximum Gasteiger partial charge on any atom is 0.315 e. The van der Waals surface area contributed by atoms with Gasteiger partial charge in [0.2, 0.25) is 0 Å². The molecule has 2 atom stereocenters. The molecule has 3 N–H and O–H groups in total. The third kappa shape index (κ3) is 4.76. The molecular weight excluding hydrogens is 234 g/mol. The van der Waals surface area contributed by atoms with E-state index in [1.807, 2.05) is 11.8 Å². The number of hydrogen-bond donors (Lipinski definition) is 3. The molecule has 0 aliphatic carbocycles. The lowest BCUT2D eigenvalue weighted by molar-refractivity contribution is 0.234. The van der Waals surface area contributed by atoms with Gasteiger partial charge in [0.1, 0.15) is 0 Å². The van der Waals surface area contributed by atoms with Crippen LogP contribution < -0.4 is 16.0 Å². The van der Waals surface area contributed by atoms with Crippen molar-refractivity contribution in [3.8, 4) is 0 Å². The highest BCUT2D eigenvalue weighted by atomic mass is 32.2. The van der Waals surface area contributed by atoms with Gasteiger partial charge in [-0.2, -0.15) is 11.8 Å². The van der Waals surface area contributed by atoms with Crippen LogP contribution in [0.2, 0.25) is 0 Å². The molecule has 0 aromatic heterocycles. The molecule has 2 aliphatic heterocycles. The van der Waals surface area contributed by atoms with Crippen molar-refractivity contribution in [3.63, 3.8) is 0 Å². The fourth-order valence-electron chi connectivity index (χ4n) is 2.41. The monoisotopic (exact) mass is 257 g/mol. The van der Waals surface area contributed by atoms with Gasteiger partial charge in [-0.15, -0.1) is 0 Å². The van der Waals surface area contributed by atoms with Crippen LogP contribution in [-0.2, 0) is 0 Å². The fourth-order valence-corrected chi connectivity index (χ4v) is 3.48. The quantitative estimate of drug-likeness (QED) is 0.715. The summed E-state index contributed by atoms with van der Waals surface area (Å²) in [5.41, 5.74) is 0. The molecule has 2 fully saturated rings. The van der Waals surface area contributed by atoms with Crippen LogP contribution in [-0.4, -0.2) is 42.7 Å². The summed E-state index contributed by atoms with van der Waals surface area (Å²) in [6.45, 7) is 1.85. The van der Waals surface area contributed by atoms with E-state index in [1.54, 1.807) is 0 Å². The van der Waals surface area contributed by atoms with Crippen molar-refractivity contribution in [2.24, 2.45) is 0 Å². The zero-order valence-corrected chi connectivity index (χ0v) is 11.2. The average Bonchev–Trinajstić information content (AvgIpc) is 2.39. The molecule has 0 radical (unpaired) electrons. The Kier molecular flexibility index (Phi) is 5.45. The highest BCUT2D eigenvalue weighted by molar-refractivity contribution is 7.99. The molecule has 98 valence electrons. The molecule has 2 saturated heterocycles. The molecule has 0 aromatic carbocycles. The Hall–Kier alpha value is -0.420. The Morgan fingerprint density at radius 1 is 1.29 bits per heavy atom. The summed E-state index contributed by atoms with van der Waals surface area (Å²) in [6, 6.07) is 0.841. The molecule has 0 spiro atoms. The fraction of sp³-hybridized carbons (Fsp3) is 0.917. The molecule has 0 saturated carbocycles. The van der Waals surface area contributed by atoms with E-state index in [0.717, 1.165) is 25.3 Å². The van der Waals surface area contributed by atoms with E-state index in [1.165, 1.54) is 31.4 Å². The normalized spacial score (nSPS) is 29.6. The minimum Gasteiger partial charge on any atom is -0.337 e. The molecule has 17 heavy (non-hydrogen) atoms. The lowest BCUT2D eigenvalue weighted by atomic mass is 10.1. The van der Waals surface area contributed by atoms with Gasteiger partial charge in [-0.25, -0.2) is 4.79 Å². The second kappa shape index (κ2) is 7.11. The first-order valence-corrected chi connectivity index (χ1v) is 7.85. The Morgan fingerprint density at radius 2 is 2.24 bits per heavy atom. The number of hydrogen-bond acceptors (Lipinski definition) is 3. The first-order chi connectivity index (χ1) is 8.34. The van der Waals surface area contributed by atoms with E-state index in [-0.39, 0.29) is 6.03 Å². The van der Waals surface area contributed by atoms with Gasteiger partial charge < -0.3 is 16.0 Å². The minimum atomic E-state index is 0.00451. The van der Waals surface area contributed by atoms with Gasteiger partial charge in [0.15, 0.2) is 0 Å². The van der Waals surface area contributed by atoms with Crippen LogP contribution in [0.4, 0.5) is 4.79 Å². The van der Waals surface area contributed by atoms with E-state index < -0.39 is 0 Å². The summed E-state index contributed by atoms with van der Waals surface area (Å²) >= 11 is 1.94. The number of urea groups is 1. The zero-order valence-electron chi connectivity index (χ0n) is 10.3. The van der Waals surface area contributed by atoms with Crippen molar-refractivity contribution in [2.45, 2.75) is 44.2 Å². The Labute approximate surface area is 108 Å². The predicted octanol–water partition coefficient (Wildman–Crippen LogP) is 1.32. The van der Waals surface area contributed by atoms with Crippen molar-refractivity contribution in [2.75, 3.05) is 24.6 Å². The number of carbonyl (C=O) groups is 1. The summed E-state index contributed by atoms with van der Waals surface area (Å²) in [5, 5.41) is 9.47. The molecule has 2 amide bonds. The number of thioether (sulfide) groups is 1. The Balaban J connectivity index is 1.59. The molecule has 2 unspecified atom stereocenters. The van der Waals surface area contributed by atoms with Gasteiger partial charge in [-0.05, 0) is 38.0 Å². The topological polar surface area (TPSA) is 53.2 Å². The van der Waals surface area contributed by atoms with E-state index in [2.05, 4.69) is 16.0 Å². The van der Waals surface area contributed by atoms with Crippen LogP contribution in [0.15, 0.2) is 0 Å². The zero-order chi connectivity index (χ0) is 11.9. The third-order valence-electron chi connectivity index (χ3n) is 3.42. The van der Waals surface area contributed by atoms with Crippen molar-refractivity contribution < 1.29 is 4.79 Å². The molecule has 2 rings (SSSR count). The number of rotatable bonds is 3. The lowest BCUT2D eigenvalue weighted by Crippen LogP contribution is -2.49. The largest absolute Gasteiger partial charge is 0.337 e. The van der Waals surface area contributed by atoms with Crippen LogP contribution in [0, 0.1) is 0 Å². The third-order valence-corrected chi connectivity index (χ3v) is 4.63. The number of carbonyl (C=O) groups excluding carboxylic acids is 1. The van der Waals surface area contributed by atoms with Crippen LogP contribution in [0.3, 0.4) is 0 Å². The van der Waals surface area contributed by atoms with E-state index in [0.29, 0.717) is 12.1 Å². The second-order valence-corrected chi connectivity index (χ2v) is 6.07. The Morgan fingerprint density at radius 3 is 2.94 bits per heavy atom. The SMILES string of the molecule is O=C(NCC1CCCCN1)NC1CCCSC1. The number of amides is 2. The van der Waals surface area contributed by atoms with Crippen LogP contribution in [0.25, 0.3) is 0 Å². The highest BCUT2D eigenvalue weighted by Gasteiger charge is 2.17. The van der Waals surface area contributed by atoms with Gasteiger partial charge >= 0.3 is 6.03 Å².